The number of benzene rings is 1. The van der Waals surface area contributed by atoms with E-state index in [1.54, 1.807) is 12.1 Å². The maximum atomic E-state index is 12.3. The Labute approximate surface area is 100.0 Å². The molecule has 17 heavy (non-hydrogen) atoms. The molecule has 0 heterocycles. The van der Waals surface area contributed by atoms with E-state index in [0.29, 0.717) is 0 Å². The number of alkyl halides is 2. The van der Waals surface area contributed by atoms with Gasteiger partial charge in [-0.15, -0.1) is 0 Å². The fourth-order valence-corrected chi connectivity index (χ4v) is 2.06. The molecular formula is C13H17F2NO. The van der Waals surface area contributed by atoms with Crippen molar-refractivity contribution < 1.29 is 13.5 Å². The van der Waals surface area contributed by atoms with Crippen LogP contribution in [0.1, 0.15) is 30.9 Å². The van der Waals surface area contributed by atoms with Gasteiger partial charge in [0.1, 0.15) is 5.75 Å². The summed E-state index contributed by atoms with van der Waals surface area (Å²) in [6.45, 7) is -2.77. The van der Waals surface area contributed by atoms with Gasteiger partial charge in [-0.2, -0.15) is 8.78 Å². The highest BCUT2D eigenvalue weighted by Gasteiger charge is 2.27. The highest BCUT2D eigenvalue weighted by Crippen LogP contribution is 2.39. The van der Waals surface area contributed by atoms with Crippen LogP contribution in [-0.4, -0.2) is 13.7 Å². The Balaban J connectivity index is 2.15. The van der Waals surface area contributed by atoms with Crippen molar-refractivity contribution in [2.24, 2.45) is 5.92 Å². The summed E-state index contributed by atoms with van der Waals surface area (Å²) < 4.78 is 29.2. The SMILES string of the molecule is CNC(CC1CC1)c1ccccc1OC(F)F. The third kappa shape index (κ3) is 3.40. The Morgan fingerprint density at radius 3 is 2.65 bits per heavy atom. The van der Waals surface area contributed by atoms with Crippen LogP contribution in [0.25, 0.3) is 0 Å². The second-order valence-corrected chi connectivity index (χ2v) is 4.44. The summed E-state index contributed by atoms with van der Waals surface area (Å²) in [5.41, 5.74) is 0.821. The van der Waals surface area contributed by atoms with E-state index in [9.17, 15) is 8.78 Å². The topological polar surface area (TPSA) is 21.3 Å². The van der Waals surface area contributed by atoms with Crippen LogP contribution in [0.4, 0.5) is 8.78 Å². The summed E-state index contributed by atoms with van der Waals surface area (Å²) in [5, 5.41) is 3.18. The molecule has 1 saturated carbocycles. The average molecular weight is 241 g/mol. The van der Waals surface area contributed by atoms with Gasteiger partial charge in [0.25, 0.3) is 0 Å². The predicted molar refractivity (Wildman–Crippen MR) is 62.2 cm³/mol. The van der Waals surface area contributed by atoms with Gasteiger partial charge in [0.15, 0.2) is 0 Å². The van der Waals surface area contributed by atoms with E-state index in [2.05, 4.69) is 10.1 Å². The molecule has 1 aromatic rings. The Kier molecular flexibility index (Phi) is 3.94. The molecule has 0 saturated heterocycles. The molecule has 0 aromatic heterocycles. The molecule has 0 amide bonds. The van der Waals surface area contributed by atoms with Crippen molar-refractivity contribution in [3.05, 3.63) is 29.8 Å². The molecule has 0 radical (unpaired) electrons. The van der Waals surface area contributed by atoms with Gasteiger partial charge in [0.05, 0.1) is 0 Å². The molecule has 94 valence electrons. The van der Waals surface area contributed by atoms with Crippen LogP contribution in [-0.2, 0) is 0 Å². The number of hydrogen-bond donors (Lipinski definition) is 1. The van der Waals surface area contributed by atoms with E-state index >= 15 is 0 Å². The molecule has 0 spiro atoms. The summed E-state index contributed by atoms with van der Waals surface area (Å²) >= 11 is 0. The van der Waals surface area contributed by atoms with Gasteiger partial charge in [-0.1, -0.05) is 31.0 Å². The summed E-state index contributed by atoms with van der Waals surface area (Å²) in [4.78, 5) is 0. The van der Waals surface area contributed by atoms with E-state index in [1.807, 2.05) is 19.2 Å². The summed E-state index contributed by atoms with van der Waals surface area (Å²) in [6.07, 6.45) is 3.48. The molecule has 1 N–H and O–H groups in total. The first-order valence-corrected chi connectivity index (χ1v) is 5.91. The van der Waals surface area contributed by atoms with Gasteiger partial charge >= 0.3 is 6.61 Å². The smallest absolute Gasteiger partial charge is 0.387 e. The van der Waals surface area contributed by atoms with Gasteiger partial charge < -0.3 is 10.1 Å². The first-order chi connectivity index (χ1) is 8.20. The Morgan fingerprint density at radius 1 is 1.35 bits per heavy atom. The van der Waals surface area contributed by atoms with E-state index in [-0.39, 0.29) is 11.8 Å². The maximum absolute atomic E-state index is 12.3. The molecule has 1 fully saturated rings. The monoisotopic (exact) mass is 241 g/mol. The minimum absolute atomic E-state index is 0.0949. The number of halogens is 2. The highest BCUT2D eigenvalue weighted by atomic mass is 19.3. The molecule has 1 atom stereocenters. The number of ether oxygens (including phenoxy) is 1. The van der Waals surface area contributed by atoms with E-state index < -0.39 is 6.61 Å². The second-order valence-electron chi connectivity index (χ2n) is 4.44. The fraction of sp³-hybridized carbons (Fsp3) is 0.538. The van der Waals surface area contributed by atoms with E-state index in [1.165, 1.54) is 12.8 Å². The number of para-hydroxylation sites is 1. The first-order valence-electron chi connectivity index (χ1n) is 5.91. The molecule has 2 rings (SSSR count). The molecular weight excluding hydrogens is 224 g/mol. The van der Waals surface area contributed by atoms with Crippen LogP contribution in [0, 0.1) is 5.92 Å². The Morgan fingerprint density at radius 2 is 2.06 bits per heavy atom. The lowest BCUT2D eigenvalue weighted by Gasteiger charge is -2.19. The van der Waals surface area contributed by atoms with Crippen molar-refractivity contribution in [1.29, 1.82) is 0 Å². The van der Waals surface area contributed by atoms with Gasteiger partial charge in [0.2, 0.25) is 0 Å². The highest BCUT2D eigenvalue weighted by molar-refractivity contribution is 5.36. The largest absolute Gasteiger partial charge is 0.434 e. The van der Waals surface area contributed by atoms with Crippen LogP contribution in [0.15, 0.2) is 24.3 Å². The normalized spacial score (nSPS) is 17.2. The van der Waals surface area contributed by atoms with E-state index in [4.69, 9.17) is 0 Å². The lowest BCUT2D eigenvalue weighted by atomic mass is 10.0. The third-order valence-corrected chi connectivity index (χ3v) is 3.12. The van der Waals surface area contributed by atoms with E-state index in [0.717, 1.165) is 17.9 Å². The predicted octanol–water partition coefficient (Wildman–Crippen LogP) is 3.35. The lowest BCUT2D eigenvalue weighted by molar-refractivity contribution is -0.0507. The maximum Gasteiger partial charge on any atom is 0.387 e. The quantitative estimate of drug-likeness (QED) is 0.824. The van der Waals surface area contributed by atoms with Crippen molar-refractivity contribution in [1.82, 2.24) is 5.32 Å². The minimum atomic E-state index is -2.77. The van der Waals surface area contributed by atoms with Crippen LogP contribution < -0.4 is 10.1 Å². The molecule has 4 heteroatoms. The standard InChI is InChI=1S/C13H17F2NO/c1-16-11(8-9-6-7-9)10-4-2-3-5-12(10)17-13(14)15/h2-5,9,11,13,16H,6-8H2,1H3. The molecule has 1 aliphatic rings. The second kappa shape index (κ2) is 5.45. The minimum Gasteiger partial charge on any atom is -0.434 e. The van der Waals surface area contributed by atoms with Gasteiger partial charge in [-0.05, 0) is 25.5 Å². The first kappa shape index (κ1) is 12.3. The van der Waals surface area contributed by atoms with Crippen molar-refractivity contribution in [2.45, 2.75) is 31.9 Å². The van der Waals surface area contributed by atoms with Crippen LogP contribution in [0.2, 0.25) is 0 Å². The van der Waals surface area contributed by atoms with Crippen LogP contribution >= 0.6 is 0 Å². The average Bonchev–Trinajstić information content (AvgIpc) is 3.10. The zero-order valence-electron chi connectivity index (χ0n) is 9.83. The number of nitrogens with one attached hydrogen (secondary N) is 1. The fourth-order valence-electron chi connectivity index (χ4n) is 2.06. The van der Waals surface area contributed by atoms with Crippen LogP contribution in [0.3, 0.4) is 0 Å². The third-order valence-electron chi connectivity index (χ3n) is 3.12. The Bertz CT molecular complexity index is 366. The lowest BCUT2D eigenvalue weighted by Crippen LogP contribution is -2.18. The van der Waals surface area contributed by atoms with Gasteiger partial charge in [-0.3, -0.25) is 0 Å². The molecule has 1 aromatic carbocycles. The van der Waals surface area contributed by atoms with Crippen LogP contribution in [0.5, 0.6) is 5.75 Å². The van der Waals surface area contributed by atoms with Crippen molar-refractivity contribution in [3.63, 3.8) is 0 Å². The summed E-state index contributed by atoms with van der Waals surface area (Å²) in [7, 11) is 1.85. The van der Waals surface area contributed by atoms with Crippen molar-refractivity contribution in [2.75, 3.05) is 7.05 Å². The van der Waals surface area contributed by atoms with Gasteiger partial charge in [0, 0.05) is 11.6 Å². The molecule has 1 unspecified atom stereocenters. The summed E-state index contributed by atoms with van der Waals surface area (Å²) in [6, 6.07) is 7.10. The van der Waals surface area contributed by atoms with Crippen molar-refractivity contribution in [3.8, 4) is 5.75 Å². The Hall–Kier alpha value is -1.16. The summed E-state index contributed by atoms with van der Waals surface area (Å²) in [5.74, 6) is 1.01. The zero-order chi connectivity index (χ0) is 12.3. The molecule has 0 aliphatic heterocycles. The molecule has 1 aliphatic carbocycles. The zero-order valence-corrected chi connectivity index (χ0v) is 9.83. The number of rotatable bonds is 6. The van der Waals surface area contributed by atoms with Crippen molar-refractivity contribution >= 4 is 0 Å². The van der Waals surface area contributed by atoms with Gasteiger partial charge in [-0.25, -0.2) is 0 Å². The molecule has 2 nitrogen and oxygen atoms in total. The number of hydrogen-bond acceptors (Lipinski definition) is 2. The molecule has 0 bridgehead atoms.